The number of nitrogens with zero attached hydrogens (tertiary/aromatic N) is 1. The van der Waals surface area contributed by atoms with E-state index in [1.165, 1.54) is 0 Å². The van der Waals surface area contributed by atoms with Crippen LogP contribution >= 0.6 is 0 Å². The molecular weight excluding hydrogens is 244 g/mol. The minimum atomic E-state index is 0.136. The fourth-order valence-electron chi connectivity index (χ4n) is 3.08. The Labute approximate surface area is 115 Å². The predicted octanol–water partition coefficient (Wildman–Crippen LogP) is 0.779. The molecular formula is C14H26N2O3. The first-order valence-corrected chi connectivity index (χ1v) is 7.34. The lowest BCUT2D eigenvalue weighted by atomic mass is 9.84. The van der Waals surface area contributed by atoms with Crippen LogP contribution in [0.4, 0.5) is 0 Å². The molecule has 1 N–H and O–H groups in total. The smallest absolute Gasteiger partial charge is 0.222 e. The lowest BCUT2D eigenvalue weighted by Gasteiger charge is -2.45. The molecule has 1 amide bonds. The summed E-state index contributed by atoms with van der Waals surface area (Å²) in [7, 11) is 1.74. The highest BCUT2D eigenvalue weighted by Crippen LogP contribution is 2.27. The molecule has 110 valence electrons. The molecule has 0 bridgehead atoms. The van der Waals surface area contributed by atoms with E-state index in [-0.39, 0.29) is 18.1 Å². The van der Waals surface area contributed by atoms with Crippen LogP contribution in [0.1, 0.15) is 33.1 Å². The fourth-order valence-corrected chi connectivity index (χ4v) is 3.08. The average Bonchev–Trinajstić information content (AvgIpc) is 2.74. The maximum atomic E-state index is 11.6. The zero-order chi connectivity index (χ0) is 13.8. The lowest BCUT2D eigenvalue weighted by molar-refractivity contribution is -0.134. The fraction of sp³-hybridized carbons (Fsp3) is 0.929. The average molecular weight is 270 g/mol. The third kappa shape index (κ3) is 3.46. The number of hydrogen-bond acceptors (Lipinski definition) is 4. The van der Waals surface area contributed by atoms with E-state index in [1.54, 1.807) is 7.11 Å². The molecule has 2 rings (SSSR count). The van der Waals surface area contributed by atoms with E-state index in [0.717, 1.165) is 32.5 Å². The maximum Gasteiger partial charge on any atom is 0.222 e. The van der Waals surface area contributed by atoms with Gasteiger partial charge in [-0.1, -0.05) is 0 Å². The number of hydrogen-bond donors (Lipinski definition) is 1. The van der Waals surface area contributed by atoms with Gasteiger partial charge < -0.3 is 19.7 Å². The zero-order valence-electron chi connectivity index (χ0n) is 12.2. The van der Waals surface area contributed by atoms with Gasteiger partial charge in [0.1, 0.15) is 0 Å². The van der Waals surface area contributed by atoms with Gasteiger partial charge in [0.2, 0.25) is 5.91 Å². The number of amides is 1. The number of nitrogens with one attached hydrogen (secondary N) is 1. The molecule has 4 atom stereocenters. The van der Waals surface area contributed by atoms with E-state index in [2.05, 4.69) is 12.2 Å². The third-order valence-corrected chi connectivity index (χ3v) is 4.07. The number of carbonyl (C=O) groups is 1. The van der Waals surface area contributed by atoms with Crippen molar-refractivity contribution < 1.29 is 14.3 Å². The molecule has 1 aliphatic carbocycles. The summed E-state index contributed by atoms with van der Waals surface area (Å²) < 4.78 is 11.1. The molecule has 1 aliphatic heterocycles. The maximum absolute atomic E-state index is 11.6. The highest BCUT2D eigenvalue weighted by Gasteiger charge is 2.42. The van der Waals surface area contributed by atoms with Crippen LogP contribution < -0.4 is 5.32 Å². The lowest BCUT2D eigenvalue weighted by Crippen LogP contribution is -2.62. The minimum absolute atomic E-state index is 0.136. The highest BCUT2D eigenvalue weighted by atomic mass is 16.5. The van der Waals surface area contributed by atoms with Gasteiger partial charge in [-0.2, -0.15) is 0 Å². The van der Waals surface area contributed by atoms with Gasteiger partial charge in [-0.15, -0.1) is 0 Å². The molecule has 0 aromatic heterocycles. The summed E-state index contributed by atoms with van der Waals surface area (Å²) in [5, 5.41) is 3.55. The molecule has 0 aromatic rings. The number of carbonyl (C=O) groups excluding carboxylic acids is 1. The number of ether oxygens (including phenoxy) is 2. The predicted molar refractivity (Wildman–Crippen MR) is 73.0 cm³/mol. The van der Waals surface area contributed by atoms with Gasteiger partial charge in [0.15, 0.2) is 0 Å². The van der Waals surface area contributed by atoms with Crippen LogP contribution in [0.2, 0.25) is 0 Å². The van der Waals surface area contributed by atoms with Crippen molar-refractivity contribution in [1.82, 2.24) is 10.2 Å². The summed E-state index contributed by atoms with van der Waals surface area (Å²) in [6.07, 6.45) is 3.06. The monoisotopic (exact) mass is 270 g/mol. The Bertz CT molecular complexity index is 311. The summed E-state index contributed by atoms with van der Waals surface area (Å²) in [5.41, 5.74) is 0. The summed E-state index contributed by atoms with van der Waals surface area (Å²) in [5.74, 6) is 0.290. The van der Waals surface area contributed by atoms with Crippen molar-refractivity contribution in [3.8, 4) is 0 Å². The van der Waals surface area contributed by atoms with Crippen LogP contribution in [-0.4, -0.2) is 61.9 Å². The first-order valence-electron chi connectivity index (χ1n) is 7.34. The summed E-state index contributed by atoms with van der Waals surface area (Å²) >= 11 is 0. The van der Waals surface area contributed by atoms with Gasteiger partial charge in [-0.25, -0.2) is 0 Å². The molecule has 5 nitrogen and oxygen atoms in total. The van der Waals surface area contributed by atoms with Crippen molar-refractivity contribution in [2.75, 3.05) is 26.8 Å². The van der Waals surface area contributed by atoms with Crippen LogP contribution in [0.15, 0.2) is 0 Å². The quantitative estimate of drug-likeness (QED) is 0.743. The largest absolute Gasteiger partial charge is 0.377 e. The molecule has 5 heteroatoms. The Morgan fingerprint density at radius 2 is 2.32 bits per heavy atom. The Hall–Kier alpha value is -0.650. The topological polar surface area (TPSA) is 50.8 Å². The van der Waals surface area contributed by atoms with E-state index in [9.17, 15) is 4.79 Å². The van der Waals surface area contributed by atoms with E-state index in [4.69, 9.17) is 9.47 Å². The molecule has 0 radical (unpaired) electrons. The molecule has 4 unspecified atom stereocenters. The van der Waals surface area contributed by atoms with Crippen molar-refractivity contribution in [1.29, 1.82) is 0 Å². The Balaban J connectivity index is 1.73. The SMILES string of the molecule is CCOC1CC(NC(C)CN2CCCC2=O)C1OC. The summed E-state index contributed by atoms with van der Waals surface area (Å²) in [4.78, 5) is 13.5. The van der Waals surface area contributed by atoms with Crippen LogP contribution in [0.5, 0.6) is 0 Å². The second-order valence-electron chi connectivity index (χ2n) is 5.55. The van der Waals surface area contributed by atoms with Crippen LogP contribution in [0.3, 0.4) is 0 Å². The second kappa shape index (κ2) is 6.68. The van der Waals surface area contributed by atoms with E-state index < -0.39 is 0 Å². The van der Waals surface area contributed by atoms with Gasteiger partial charge in [0.05, 0.1) is 12.2 Å². The minimum Gasteiger partial charge on any atom is -0.377 e. The van der Waals surface area contributed by atoms with Gasteiger partial charge in [-0.05, 0) is 26.7 Å². The van der Waals surface area contributed by atoms with Gasteiger partial charge in [-0.3, -0.25) is 4.79 Å². The van der Waals surface area contributed by atoms with Gasteiger partial charge in [0, 0.05) is 45.3 Å². The molecule has 1 saturated heterocycles. The Kier molecular flexibility index (Phi) is 5.19. The molecule has 19 heavy (non-hydrogen) atoms. The highest BCUT2D eigenvalue weighted by molar-refractivity contribution is 5.78. The molecule has 1 heterocycles. The number of methoxy groups -OCH3 is 1. The molecule has 1 saturated carbocycles. The van der Waals surface area contributed by atoms with Crippen LogP contribution in [0.25, 0.3) is 0 Å². The Morgan fingerprint density at radius 1 is 1.53 bits per heavy atom. The van der Waals surface area contributed by atoms with Crippen molar-refractivity contribution in [3.63, 3.8) is 0 Å². The Morgan fingerprint density at radius 3 is 2.89 bits per heavy atom. The van der Waals surface area contributed by atoms with E-state index >= 15 is 0 Å². The normalized spacial score (nSPS) is 32.5. The van der Waals surface area contributed by atoms with Crippen molar-refractivity contribution >= 4 is 5.91 Å². The summed E-state index contributed by atoms with van der Waals surface area (Å²) in [6, 6.07) is 0.640. The van der Waals surface area contributed by atoms with Gasteiger partial charge >= 0.3 is 0 Å². The molecule has 2 aliphatic rings. The number of likely N-dealkylation sites (tertiary alicyclic amines) is 1. The first kappa shape index (κ1) is 14.8. The second-order valence-corrected chi connectivity index (χ2v) is 5.55. The molecule has 0 aromatic carbocycles. The van der Waals surface area contributed by atoms with Crippen molar-refractivity contribution in [2.24, 2.45) is 0 Å². The van der Waals surface area contributed by atoms with Crippen LogP contribution in [-0.2, 0) is 14.3 Å². The zero-order valence-corrected chi connectivity index (χ0v) is 12.2. The van der Waals surface area contributed by atoms with Gasteiger partial charge in [0.25, 0.3) is 0 Å². The summed E-state index contributed by atoms with van der Waals surface area (Å²) in [6.45, 7) is 6.58. The first-order chi connectivity index (χ1) is 9.15. The van der Waals surface area contributed by atoms with E-state index in [1.807, 2.05) is 11.8 Å². The van der Waals surface area contributed by atoms with Crippen molar-refractivity contribution in [2.45, 2.75) is 57.4 Å². The van der Waals surface area contributed by atoms with Crippen LogP contribution in [0, 0.1) is 0 Å². The third-order valence-electron chi connectivity index (χ3n) is 4.07. The van der Waals surface area contributed by atoms with Crippen molar-refractivity contribution in [3.05, 3.63) is 0 Å². The van der Waals surface area contributed by atoms with E-state index in [0.29, 0.717) is 18.5 Å². The molecule has 2 fully saturated rings. The molecule has 0 spiro atoms. The standard InChI is InChI=1S/C14H26N2O3/c1-4-19-12-8-11(14(12)18-3)15-10(2)9-16-7-5-6-13(16)17/h10-12,14-15H,4-9H2,1-3H3. The number of rotatable bonds is 7.